The van der Waals surface area contributed by atoms with Crippen LogP contribution in [0.15, 0.2) is 16.2 Å². The third kappa shape index (κ3) is 1.92. The quantitative estimate of drug-likeness (QED) is 0.917. The number of aromatic nitrogens is 2. The van der Waals surface area contributed by atoms with Gasteiger partial charge in [-0.3, -0.25) is 4.40 Å². The van der Waals surface area contributed by atoms with Crippen LogP contribution in [-0.4, -0.2) is 15.9 Å². The van der Waals surface area contributed by atoms with Crippen molar-refractivity contribution in [3.8, 4) is 0 Å². The van der Waals surface area contributed by atoms with Gasteiger partial charge in [-0.15, -0.1) is 0 Å². The van der Waals surface area contributed by atoms with Crippen molar-refractivity contribution >= 4 is 32.2 Å². The average Bonchev–Trinajstić information content (AvgIpc) is 2.57. The summed E-state index contributed by atoms with van der Waals surface area (Å²) in [6, 6.07) is 0. The third-order valence-corrected chi connectivity index (χ3v) is 3.29. The van der Waals surface area contributed by atoms with Gasteiger partial charge in [-0.25, -0.2) is 4.98 Å². The Morgan fingerprint density at radius 2 is 2.38 bits per heavy atom. The molecule has 0 radical (unpaired) electrons. The highest BCUT2D eigenvalue weighted by Gasteiger charge is 2.03. The van der Waals surface area contributed by atoms with Crippen LogP contribution in [-0.2, 0) is 6.42 Å². The molecule has 0 saturated heterocycles. The standard InChI is InChI=1S/C8H10BrN3S/c9-7-5-12-4-6(2-1-3-10)11-8(12)13-7/h4-5H,1-3,10H2. The zero-order chi connectivity index (χ0) is 9.26. The van der Waals surface area contributed by atoms with Crippen LogP contribution in [0.2, 0.25) is 0 Å². The Kier molecular flexibility index (Phi) is 2.66. The summed E-state index contributed by atoms with van der Waals surface area (Å²) >= 11 is 5.06. The molecule has 0 aromatic carbocycles. The molecule has 70 valence electrons. The fourth-order valence-corrected chi connectivity index (χ4v) is 2.59. The van der Waals surface area contributed by atoms with Crippen molar-refractivity contribution in [2.24, 2.45) is 5.73 Å². The second-order valence-electron chi connectivity index (χ2n) is 2.85. The van der Waals surface area contributed by atoms with Crippen LogP contribution in [0, 0.1) is 0 Å². The van der Waals surface area contributed by atoms with E-state index in [9.17, 15) is 0 Å². The molecule has 0 spiro atoms. The number of nitrogens with zero attached hydrogens (tertiary/aromatic N) is 2. The van der Waals surface area contributed by atoms with Crippen LogP contribution in [0.4, 0.5) is 0 Å². The van der Waals surface area contributed by atoms with E-state index in [0.717, 1.165) is 33.8 Å². The van der Waals surface area contributed by atoms with Crippen molar-refractivity contribution in [3.63, 3.8) is 0 Å². The minimum absolute atomic E-state index is 0.731. The Morgan fingerprint density at radius 3 is 3.08 bits per heavy atom. The van der Waals surface area contributed by atoms with Crippen molar-refractivity contribution in [3.05, 3.63) is 21.9 Å². The van der Waals surface area contributed by atoms with Crippen molar-refractivity contribution in [2.75, 3.05) is 6.54 Å². The number of hydrogen-bond donors (Lipinski definition) is 1. The fraction of sp³-hybridized carbons (Fsp3) is 0.375. The Morgan fingerprint density at radius 1 is 1.54 bits per heavy atom. The summed E-state index contributed by atoms with van der Waals surface area (Å²) in [7, 11) is 0. The molecule has 0 atom stereocenters. The highest BCUT2D eigenvalue weighted by atomic mass is 79.9. The monoisotopic (exact) mass is 259 g/mol. The maximum absolute atomic E-state index is 5.43. The molecular weight excluding hydrogens is 250 g/mol. The number of hydrogen-bond acceptors (Lipinski definition) is 3. The maximum Gasteiger partial charge on any atom is 0.194 e. The molecular formula is C8H10BrN3S. The fourth-order valence-electron chi connectivity index (χ4n) is 1.22. The average molecular weight is 260 g/mol. The van der Waals surface area contributed by atoms with E-state index in [4.69, 9.17) is 5.73 Å². The molecule has 0 unspecified atom stereocenters. The largest absolute Gasteiger partial charge is 0.330 e. The Hall–Kier alpha value is -0.390. The zero-order valence-electron chi connectivity index (χ0n) is 7.03. The molecule has 5 heteroatoms. The van der Waals surface area contributed by atoms with Crippen molar-refractivity contribution in [1.82, 2.24) is 9.38 Å². The van der Waals surface area contributed by atoms with Gasteiger partial charge in [0.25, 0.3) is 0 Å². The van der Waals surface area contributed by atoms with E-state index in [1.807, 2.05) is 10.6 Å². The number of halogens is 1. The van der Waals surface area contributed by atoms with Crippen LogP contribution in [0.5, 0.6) is 0 Å². The van der Waals surface area contributed by atoms with Gasteiger partial charge in [-0.05, 0) is 35.3 Å². The molecule has 2 aromatic rings. The third-order valence-electron chi connectivity index (χ3n) is 1.81. The topological polar surface area (TPSA) is 43.3 Å². The number of imidazole rings is 1. The molecule has 3 nitrogen and oxygen atoms in total. The second kappa shape index (κ2) is 3.77. The van der Waals surface area contributed by atoms with Crippen molar-refractivity contribution in [1.29, 1.82) is 0 Å². The Bertz CT molecular complexity index is 375. The predicted octanol–water partition coefficient (Wildman–Crippen LogP) is 2.05. The number of thiazole rings is 1. The van der Waals surface area contributed by atoms with Crippen LogP contribution < -0.4 is 5.73 Å². The van der Waals surface area contributed by atoms with Gasteiger partial charge in [0.15, 0.2) is 4.96 Å². The van der Waals surface area contributed by atoms with E-state index in [2.05, 4.69) is 27.1 Å². The highest BCUT2D eigenvalue weighted by Crippen LogP contribution is 2.22. The van der Waals surface area contributed by atoms with E-state index < -0.39 is 0 Å². The highest BCUT2D eigenvalue weighted by molar-refractivity contribution is 9.11. The van der Waals surface area contributed by atoms with E-state index in [0.29, 0.717) is 0 Å². The SMILES string of the molecule is NCCCc1cn2cc(Br)sc2n1. The molecule has 0 aliphatic heterocycles. The lowest BCUT2D eigenvalue weighted by atomic mass is 10.2. The van der Waals surface area contributed by atoms with Gasteiger partial charge in [-0.1, -0.05) is 11.3 Å². The van der Waals surface area contributed by atoms with E-state index in [1.165, 1.54) is 0 Å². The molecule has 0 fully saturated rings. The molecule has 2 heterocycles. The van der Waals surface area contributed by atoms with E-state index >= 15 is 0 Å². The maximum atomic E-state index is 5.43. The summed E-state index contributed by atoms with van der Waals surface area (Å²) in [6.45, 7) is 0.731. The molecule has 2 rings (SSSR count). The summed E-state index contributed by atoms with van der Waals surface area (Å²) in [5.41, 5.74) is 6.56. The molecule has 0 bridgehead atoms. The molecule has 0 aliphatic carbocycles. The van der Waals surface area contributed by atoms with Gasteiger partial charge in [0.1, 0.15) is 0 Å². The van der Waals surface area contributed by atoms with Gasteiger partial charge in [0.2, 0.25) is 0 Å². The van der Waals surface area contributed by atoms with Crippen molar-refractivity contribution < 1.29 is 0 Å². The second-order valence-corrected chi connectivity index (χ2v) is 5.24. The summed E-state index contributed by atoms with van der Waals surface area (Å²) in [5.74, 6) is 0. The van der Waals surface area contributed by atoms with Crippen LogP contribution in [0.25, 0.3) is 4.96 Å². The lowest BCUT2D eigenvalue weighted by molar-refractivity contribution is 0.816. The van der Waals surface area contributed by atoms with Crippen LogP contribution >= 0.6 is 27.3 Å². The lowest BCUT2D eigenvalue weighted by Gasteiger charge is -1.90. The summed E-state index contributed by atoms with van der Waals surface area (Å²) in [5, 5.41) is 0. The number of aryl methyl sites for hydroxylation is 1. The summed E-state index contributed by atoms with van der Waals surface area (Å²) < 4.78 is 3.15. The number of rotatable bonds is 3. The summed E-state index contributed by atoms with van der Waals surface area (Å²) in [4.78, 5) is 5.51. The van der Waals surface area contributed by atoms with Gasteiger partial charge in [0, 0.05) is 12.4 Å². The van der Waals surface area contributed by atoms with Gasteiger partial charge in [0.05, 0.1) is 9.48 Å². The first-order chi connectivity index (χ1) is 6.29. The normalized spacial score (nSPS) is 11.2. The predicted molar refractivity (Wildman–Crippen MR) is 58.1 cm³/mol. The number of fused-ring (bicyclic) bond motifs is 1. The van der Waals surface area contributed by atoms with Gasteiger partial charge in [-0.2, -0.15) is 0 Å². The minimum atomic E-state index is 0.731. The number of nitrogens with two attached hydrogens (primary N) is 1. The van der Waals surface area contributed by atoms with E-state index in [1.54, 1.807) is 11.3 Å². The van der Waals surface area contributed by atoms with Crippen LogP contribution in [0.1, 0.15) is 12.1 Å². The minimum Gasteiger partial charge on any atom is -0.330 e. The molecule has 0 saturated carbocycles. The molecule has 0 amide bonds. The molecule has 2 N–H and O–H groups in total. The Labute approximate surface area is 88.7 Å². The van der Waals surface area contributed by atoms with Crippen molar-refractivity contribution in [2.45, 2.75) is 12.8 Å². The smallest absolute Gasteiger partial charge is 0.194 e. The van der Waals surface area contributed by atoms with Gasteiger partial charge < -0.3 is 5.73 Å². The Balaban J connectivity index is 2.24. The summed E-state index contributed by atoms with van der Waals surface area (Å²) in [6.07, 6.45) is 6.07. The molecule has 13 heavy (non-hydrogen) atoms. The first kappa shape index (κ1) is 9.18. The van der Waals surface area contributed by atoms with Crippen LogP contribution in [0.3, 0.4) is 0 Å². The molecule has 2 aromatic heterocycles. The van der Waals surface area contributed by atoms with Gasteiger partial charge >= 0.3 is 0 Å². The van der Waals surface area contributed by atoms with E-state index in [-0.39, 0.29) is 0 Å². The lowest BCUT2D eigenvalue weighted by Crippen LogP contribution is -2.00. The first-order valence-electron chi connectivity index (χ1n) is 4.12. The molecule has 0 aliphatic rings. The first-order valence-corrected chi connectivity index (χ1v) is 5.73. The zero-order valence-corrected chi connectivity index (χ0v) is 9.44.